The number of carbonyl (C=O) groups is 1. The van der Waals surface area contributed by atoms with E-state index >= 15 is 0 Å². The standard InChI is InChI=1S/C17H26N2O2/c1-12-9-13(2)15(4)16(10-12)21-8-5-17(20)19-7-6-18-14(3)11-19/h9-10,14,18H,5-8,11H2,1-4H3. The van der Waals surface area contributed by atoms with Crippen molar-refractivity contribution in [3.8, 4) is 5.75 Å². The first kappa shape index (κ1) is 15.8. The van der Waals surface area contributed by atoms with E-state index in [0.29, 0.717) is 19.1 Å². The molecular formula is C17H26N2O2. The van der Waals surface area contributed by atoms with E-state index in [1.807, 2.05) is 11.0 Å². The normalized spacial score (nSPS) is 18.7. The summed E-state index contributed by atoms with van der Waals surface area (Å²) in [5.74, 6) is 1.08. The van der Waals surface area contributed by atoms with Gasteiger partial charge in [0.15, 0.2) is 0 Å². The third-order valence-corrected chi connectivity index (χ3v) is 4.06. The second-order valence-electron chi connectivity index (χ2n) is 6.00. The highest BCUT2D eigenvalue weighted by Gasteiger charge is 2.20. The quantitative estimate of drug-likeness (QED) is 0.924. The molecule has 0 aliphatic carbocycles. The van der Waals surface area contributed by atoms with Crippen LogP contribution >= 0.6 is 0 Å². The first-order chi connectivity index (χ1) is 9.97. The fourth-order valence-electron chi connectivity index (χ4n) is 2.72. The molecule has 116 valence electrons. The Hall–Kier alpha value is -1.55. The van der Waals surface area contributed by atoms with Crippen molar-refractivity contribution in [1.82, 2.24) is 10.2 Å². The van der Waals surface area contributed by atoms with Gasteiger partial charge in [-0.2, -0.15) is 0 Å². The SMILES string of the molecule is Cc1cc(C)c(C)c(OCCC(=O)N2CCNC(C)C2)c1. The lowest BCUT2D eigenvalue weighted by Crippen LogP contribution is -2.51. The highest BCUT2D eigenvalue weighted by molar-refractivity contribution is 5.76. The summed E-state index contributed by atoms with van der Waals surface area (Å²) in [7, 11) is 0. The monoisotopic (exact) mass is 290 g/mol. The summed E-state index contributed by atoms with van der Waals surface area (Å²) < 4.78 is 5.82. The van der Waals surface area contributed by atoms with Crippen LogP contribution in [0.4, 0.5) is 0 Å². The molecule has 0 aromatic heterocycles. The first-order valence-corrected chi connectivity index (χ1v) is 7.69. The summed E-state index contributed by atoms with van der Waals surface area (Å²) in [4.78, 5) is 14.1. The number of carbonyl (C=O) groups excluding carboxylic acids is 1. The van der Waals surface area contributed by atoms with Crippen molar-refractivity contribution >= 4 is 5.91 Å². The van der Waals surface area contributed by atoms with E-state index in [9.17, 15) is 4.79 Å². The lowest BCUT2D eigenvalue weighted by atomic mass is 10.1. The fourth-order valence-corrected chi connectivity index (χ4v) is 2.72. The van der Waals surface area contributed by atoms with E-state index in [0.717, 1.165) is 30.9 Å². The van der Waals surface area contributed by atoms with Gasteiger partial charge in [-0.15, -0.1) is 0 Å². The number of hydrogen-bond acceptors (Lipinski definition) is 3. The van der Waals surface area contributed by atoms with Gasteiger partial charge in [0.2, 0.25) is 5.91 Å². The molecule has 21 heavy (non-hydrogen) atoms. The number of hydrogen-bond donors (Lipinski definition) is 1. The number of rotatable bonds is 4. The molecule has 1 aromatic carbocycles. The molecule has 4 heteroatoms. The molecule has 1 amide bonds. The third kappa shape index (κ3) is 4.21. The van der Waals surface area contributed by atoms with E-state index in [1.54, 1.807) is 0 Å². The smallest absolute Gasteiger partial charge is 0.226 e. The third-order valence-electron chi connectivity index (χ3n) is 4.06. The Morgan fingerprint density at radius 1 is 1.38 bits per heavy atom. The van der Waals surface area contributed by atoms with Crippen molar-refractivity contribution in [3.05, 3.63) is 28.8 Å². The van der Waals surface area contributed by atoms with Gasteiger partial charge in [0.1, 0.15) is 5.75 Å². The minimum atomic E-state index is 0.186. The Kier molecular flexibility index (Phi) is 5.23. The van der Waals surface area contributed by atoms with Crippen LogP contribution in [0.3, 0.4) is 0 Å². The molecule has 1 heterocycles. The number of nitrogens with one attached hydrogen (secondary N) is 1. The van der Waals surface area contributed by atoms with Crippen molar-refractivity contribution in [2.75, 3.05) is 26.2 Å². The zero-order valence-electron chi connectivity index (χ0n) is 13.5. The Morgan fingerprint density at radius 2 is 2.14 bits per heavy atom. The molecule has 1 fully saturated rings. The van der Waals surface area contributed by atoms with E-state index in [-0.39, 0.29) is 5.91 Å². The Morgan fingerprint density at radius 3 is 2.86 bits per heavy atom. The van der Waals surface area contributed by atoms with Crippen LogP contribution in [0.25, 0.3) is 0 Å². The van der Waals surface area contributed by atoms with Gasteiger partial charge >= 0.3 is 0 Å². The van der Waals surface area contributed by atoms with Crippen LogP contribution in [0.1, 0.15) is 30.0 Å². The Labute approximate surface area is 127 Å². The van der Waals surface area contributed by atoms with Gasteiger partial charge in [0.25, 0.3) is 0 Å². The largest absolute Gasteiger partial charge is 0.493 e. The van der Waals surface area contributed by atoms with Crippen molar-refractivity contribution < 1.29 is 9.53 Å². The predicted molar refractivity (Wildman–Crippen MR) is 84.8 cm³/mol. The van der Waals surface area contributed by atoms with Gasteiger partial charge in [-0.05, 0) is 50.5 Å². The van der Waals surface area contributed by atoms with E-state index in [2.05, 4.69) is 39.1 Å². The van der Waals surface area contributed by atoms with Crippen molar-refractivity contribution in [2.24, 2.45) is 0 Å². The van der Waals surface area contributed by atoms with Crippen LogP contribution in [-0.4, -0.2) is 43.1 Å². The van der Waals surface area contributed by atoms with Gasteiger partial charge in [0.05, 0.1) is 13.0 Å². The lowest BCUT2D eigenvalue weighted by molar-refractivity contribution is -0.132. The van der Waals surface area contributed by atoms with Crippen molar-refractivity contribution in [3.63, 3.8) is 0 Å². The molecule has 0 radical (unpaired) electrons. The summed E-state index contributed by atoms with van der Waals surface area (Å²) in [5.41, 5.74) is 3.58. The summed E-state index contributed by atoms with van der Waals surface area (Å²) in [6.07, 6.45) is 0.444. The molecular weight excluding hydrogens is 264 g/mol. The molecule has 0 bridgehead atoms. The molecule has 0 spiro atoms. The van der Waals surface area contributed by atoms with Gasteiger partial charge < -0.3 is 15.0 Å². The van der Waals surface area contributed by atoms with Crippen molar-refractivity contribution in [2.45, 2.75) is 40.2 Å². The molecule has 4 nitrogen and oxygen atoms in total. The minimum Gasteiger partial charge on any atom is -0.493 e. The average Bonchev–Trinajstić information content (AvgIpc) is 2.43. The molecule has 1 unspecified atom stereocenters. The van der Waals surface area contributed by atoms with Crippen molar-refractivity contribution in [1.29, 1.82) is 0 Å². The maximum absolute atomic E-state index is 12.2. The highest BCUT2D eigenvalue weighted by atomic mass is 16.5. The van der Waals surface area contributed by atoms with Crippen LogP contribution in [0.2, 0.25) is 0 Å². The second-order valence-corrected chi connectivity index (χ2v) is 6.00. The molecule has 1 N–H and O–H groups in total. The van der Waals surface area contributed by atoms with Gasteiger partial charge in [0, 0.05) is 25.7 Å². The number of nitrogens with zero attached hydrogens (tertiary/aromatic N) is 1. The number of piperazine rings is 1. The number of amides is 1. The summed E-state index contributed by atoms with van der Waals surface area (Å²) in [5, 5.41) is 3.34. The fraction of sp³-hybridized carbons (Fsp3) is 0.588. The average molecular weight is 290 g/mol. The molecule has 1 aromatic rings. The number of ether oxygens (including phenoxy) is 1. The molecule has 1 saturated heterocycles. The summed E-state index contributed by atoms with van der Waals surface area (Å²) in [6.45, 7) is 11.2. The zero-order valence-corrected chi connectivity index (χ0v) is 13.5. The van der Waals surface area contributed by atoms with Crippen LogP contribution in [0, 0.1) is 20.8 Å². The van der Waals surface area contributed by atoms with E-state index in [1.165, 1.54) is 11.1 Å². The van der Waals surface area contributed by atoms with Crippen LogP contribution in [-0.2, 0) is 4.79 Å². The molecule has 1 aliphatic rings. The zero-order chi connectivity index (χ0) is 15.4. The van der Waals surface area contributed by atoms with Crippen LogP contribution in [0.5, 0.6) is 5.75 Å². The van der Waals surface area contributed by atoms with Gasteiger partial charge in [-0.3, -0.25) is 4.79 Å². The second kappa shape index (κ2) is 6.94. The Bertz CT molecular complexity index is 514. The predicted octanol–water partition coefficient (Wildman–Crippen LogP) is 2.20. The molecule has 1 atom stereocenters. The van der Waals surface area contributed by atoms with Gasteiger partial charge in [-0.25, -0.2) is 0 Å². The maximum atomic E-state index is 12.2. The number of aryl methyl sites for hydroxylation is 2. The number of benzene rings is 1. The highest BCUT2D eigenvalue weighted by Crippen LogP contribution is 2.23. The first-order valence-electron chi connectivity index (χ1n) is 7.69. The molecule has 2 rings (SSSR count). The Balaban J connectivity index is 1.85. The minimum absolute atomic E-state index is 0.186. The summed E-state index contributed by atoms with van der Waals surface area (Å²) in [6, 6.07) is 4.57. The van der Waals surface area contributed by atoms with Gasteiger partial charge in [-0.1, -0.05) is 6.07 Å². The van der Waals surface area contributed by atoms with Crippen LogP contribution < -0.4 is 10.1 Å². The lowest BCUT2D eigenvalue weighted by Gasteiger charge is -2.32. The van der Waals surface area contributed by atoms with E-state index in [4.69, 9.17) is 4.74 Å². The van der Waals surface area contributed by atoms with E-state index < -0.39 is 0 Å². The molecule has 0 saturated carbocycles. The maximum Gasteiger partial charge on any atom is 0.226 e. The molecule has 1 aliphatic heterocycles. The topological polar surface area (TPSA) is 41.6 Å². The van der Waals surface area contributed by atoms with Crippen LogP contribution in [0.15, 0.2) is 12.1 Å². The summed E-state index contributed by atoms with van der Waals surface area (Å²) >= 11 is 0.